The fourth-order valence-electron chi connectivity index (χ4n) is 0.391. The van der Waals surface area contributed by atoms with Gasteiger partial charge in [0.2, 0.25) is 0 Å². The average molecular weight is 117 g/mol. The quantitative estimate of drug-likeness (QED) is 0.496. The lowest BCUT2D eigenvalue weighted by Crippen LogP contribution is -1.83. The van der Waals surface area contributed by atoms with Gasteiger partial charge in [0.25, 0.3) is 0 Å². The third kappa shape index (κ3) is 0.933. The van der Waals surface area contributed by atoms with Gasteiger partial charge in [-0.1, -0.05) is 11.6 Å². The van der Waals surface area contributed by atoms with Crippen LogP contribution in [0, 0.1) is 0 Å². The summed E-state index contributed by atoms with van der Waals surface area (Å²) in [7, 11) is 1.83. The van der Waals surface area contributed by atoms with Gasteiger partial charge in [-0.2, -0.15) is 5.10 Å². The van der Waals surface area contributed by atoms with Crippen molar-refractivity contribution < 1.29 is 0 Å². The molecule has 1 heterocycles. The molecule has 0 spiro atoms. The van der Waals surface area contributed by atoms with E-state index in [2.05, 4.69) is 5.10 Å². The maximum absolute atomic E-state index is 5.48. The Balaban J connectivity index is 3.04. The molecule has 0 saturated heterocycles. The zero-order valence-corrected chi connectivity index (χ0v) is 4.68. The number of rotatable bonds is 0. The smallest absolute Gasteiger partial charge is 0.0785 e. The first-order valence-electron chi connectivity index (χ1n) is 1.93. The molecule has 0 N–H and O–H groups in total. The second kappa shape index (κ2) is 1.54. The van der Waals surface area contributed by atoms with Gasteiger partial charge in [0.1, 0.15) is 0 Å². The molecule has 0 aliphatic heterocycles. The molecule has 0 fully saturated rings. The molecule has 1 aromatic rings. The monoisotopic (exact) mass is 116 g/mol. The van der Waals surface area contributed by atoms with Crippen LogP contribution in [0.3, 0.4) is 0 Å². The van der Waals surface area contributed by atoms with Gasteiger partial charge in [0.15, 0.2) is 0 Å². The molecule has 38 valence electrons. The minimum Gasteiger partial charge on any atom is -0.274 e. The normalized spacial score (nSPS) is 9.43. The molecule has 0 aromatic carbocycles. The maximum atomic E-state index is 5.48. The lowest BCUT2D eigenvalue weighted by molar-refractivity contribution is 0.768. The summed E-state index contributed by atoms with van der Waals surface area (Å²) in [4.78, 5) is 0. The Morgan fingerprint density at radius 1 is 1.86 bits per heavy atom. The molecule has 0 aliphatic carbocycles. The van der Waals surface area contributed by atoms with E-state index in [0.29, 0.717) is 5.02 Å². The van der Waals surface area contributed by atoms with Crippen LogP contribution in [0.25, 0.3) is 0 Å². The number of hydrogen-bond donors (Lipinski definition) is 0. The topological polar surface area (TPSA) is 17.8 Å². The molecular weight excluding hydrogens is 112 g/mol. The van der Waals surface area contributed by atoms with E-state index >= 15 is 0 Å². The molecule has 7 heavy (non-hydrogen) atoms. The lowest BCUT2D eigenvalue weighted by atomic mass is 10.7. The Morgan fingerprint density at radius 2 is 2.57 bits per heavy atom. The second-order valence-corrected chi connectivity index (χ2v) is 1.77. The van der Waals surface area contributed by atoms with Crippen LogP contribution >= 0.6 is 11.6 Å². The molecule has 1 rings (SSSR count). The van der Waals surface area contributed by atoms with Crippen molar-refractivity contribution >= 4 is 11.6 Å². The fraction of sp³-hybridized carbons (Fsp3) is 0.250. The largest absolute Gasteiger partial charge is 0.274 e. The van der Waals surface area contributed by atoms with Gasteiger partial charge >= 0.3 is 0 Å². The third-order valence-electron chi connectivity index (χ3n) is 0.673. The van der Waals surface area contributed by atoms with Gasteiger partial charge in [-0.3, -0.25) is 4.68 Å². The van der Waals surface area contributed by atoms with Gasteiger partial charge in [-0.25, -0.2) is 0 Å². The third-order valence-corrected chi connectivity index (χ3v) is 0.869. The lowest BCUT2D eigenvalue weighted by Gasteiger charge is -1.77. The Hall–Kier alpha value is -0.500. The first-order valence-corrected chi connectivity index (χ1v) is 2.31. The molecule has 0 bridgehead atoms. The van der Waals surface area contributed by atoms with E-state index in [0.717, 1.165) is 0 Å². The number of nitrogens with zero attached hydrogens (tertiary/aromatic N) is 2. The standard InChI is InChI=1S/C4H5ClN2/c1-7-3-4(5)2-6-7/h2-3H,1H3. The summed E-state index contributed by atoms with van der Waals surface area (Å²) in [5.41, 5.74) is 0. The van der Waals surface area contributed by atoms with E-state index in [1.165, 1.54) is 0 Å². The second-order valence-electron chi connectivity index (χ2n) is 1.33. The maximum Gasteiger partial charge on any atom is 0.0785 e. The van der Waals surface area contributed by atoms with Crippen molar-refractivity contribution in [3.63, 3.8) is 0 Å². The number of hydrogen-bond acceptors (Lipinski definition) is 1. The van der Waals surface area contributed by atoms with Crippen LogP contribution in [0.1, 0.15) is 0 Å². The summed E-state index contributed by atoms with van der Waals surface area (Å²) < 4.78 is 1.66. The molecule has 0 unspecified atom stereocenters. The van der Waals surface area contributed by atoms with Gasteiger partial charge in [0, 0.05) is 13.2 Å². The predicted molar refractivity (Wildman–Crippen MR) is 28.2 cm³/mol. The first-order chi connectivity index (χ1) is 3.29. The van der Waals surface area contributed by atoms with E-state index in [-0.39, 0.29) is 0 Å². The van der Waals surface area contributed by atoms with Gasteiger partial charge in [-0.05, 0) is 0 Å². The van der Waals surface area contributed by atoms with Gasteiger partial charge < -0.3 is 0 Å². The van der Waals surface area contributed by atoms with Crippen LogP contribution in [0.2, 0.25) is 5.02 Å². The van der Waals surface area contributed by atoms with Crippen molar-refractivity contribution in [2.75, 3.05) is 0 Å². The molecule has 2 nitrogen and oxygen atoms in total. The number of halogens is 1. The molecule has 0 atom stereocenters. The zero-order valence-electron chi connectivity index (χ0n) is 3.93. The van der Waals surface area contributed by atoms with Crippen LogP contribution in [-0.4, -0.2) is 9.78 Å². The van der Waals surface area contributed by atoms with Crippen molar-refractivity contribution in [3.8, 4) is 0 Å². The van der Waals surface area contributed by atoms with Crippen LogP contribution in [-0.2, 0) is 7.05 Å². The molecule has 3 heteroatoms. The van der Waals surface area contributed by atoms with Crippen molar-refractivity contribution in [2.45, 2.75) is 0 Å². The van der Waals surface area contributed by atoms with Gasteiger partial charge in [0.05, 0.1) is 11.2 Å². The van der Waals surface area contributed by atoms with Gasteiger partial charge in [-0.15, -0.1) is 0 Å². The highest BCUT2D eigenvalue weighted by Crippen LogP contribution is 2.01. The molecule has 0 saturated carbocycles. The molecule has 0 radical (unpaired) electrons. The highest BCUT2D eigenvalue weighted by atomic mass is 35.5. The highest BCUT2D eigenvalue weighted by Gasteiger charge is 1.84. The molecule has 1 aromatic heterocycles. The van der Waals surface area contributed by atoms with Crippen LogP contribution < -0.4 is 0 Å². The number of aryl methyl sites for hydroxylation is 1. The highest BCUT2D eigenvalue weighted by molar-refractivity contribution is 6.30. The molecular formula is C4H5ClN2. The van der Waals surface area contributed by atoms with E-state index < -0.39 is 0 Å². The van der Waals surface area contributed by atoms with Crippen molar-refractivity contribution in [1.82, 2.24) is 9.78 Å². The van der Waals surface area contributed by atoms with Crippen LogP contribution in [0.4, 0.5) is 0 Å². The SMILES string of the molecule is Cn1cc(Cl)cn1. The van der Waals surface area contributed by atoms with Crippen molar-refractivity contribution in [3.05, 3.63) is 17.4 Å². The Morgan fingerprint density at radius 3 is 2.71 bits per heavy atom. The molecule has 0 amide bonds. The van der Waals surface area contributed by atoms with E-state index in [1.807, 2.05) is 7.05 Å². The summed E-state index contributed by atoms with van der Waals surface area (Å²) in [5, 5.41) is 4.48. The van der Waals surface area contributed by atoms with E-state index in [1.54, 1.807) is 17.1 Å². The Kier molecular flexibility index (Phi) is 1.02. The zero-order chi connectivity index (χ0) is 5.28. The summed E-state index contributed by atoms with van der Waals surface area (Å²) >= 11 is 5.48. The number of aromatic nitrogens is 2. The van der Waals surface area contributed by atoms with Crippen molar-refractivity contribution in [1.29, 1.82) is 0 Å². The van der Waals surface area contributed by atoms with Crippen LogP contribution in [0.15, 0.2) is 12.4 Å². The minimum absolute atomic E-state index is 0.683. The fourth-order valence-corrected chi connectivity index (χ4v) is 0.576. The summed E-state index contributed by atoms with van der Waals surface area (Å²) in [6, 6.07) is 0. The summed E-state index contributed by atoms with van der Waals surface area (Å²) in [6.07, 6.45) is 3.34. The average Bonchev–Trinajstić information content (AvgIpc) is 1.87. The Labute approximate surface area is 46.7 Å². The van der Waals surface area contributed by atoms with Crippen LogP contribution in [0.5, 0.6) is 0 Å². The summed E-state index contributed by atoms with van der Waals surface area (Å²) in [5.74, 6) is 0. The summed E-state index contributed by atoms with van der Waals surface area (Å²) in [6.45, 7) is 0. The van der Waals surface area contributed by atoms with Crippen molar-refractivity contribution in [2.24, 2.45) is 7.05 Å². The van der Waals surface area contributed by atoms with E-state index in [9.17, 15) is 0 Å². The first kappa shape index (κ1) is 4.65. The minimum atomic E-state index is 0.683. The van der Waals surface area contributed by atoms with E-state index in [4.69, 9.17) is 11.6 Å². The predicted octanol–water partition coefficient (Wildman–Crippen LogP) is 1.07. The molecule has 0 aliphatic rings. The Bertz CT molecular complexity index is 142.